The lowest BCUT2D eigenvalue weighted by molar-refractivity contribution is -0.106. The van der Waals surface area contributed by atoms with Gasteiger partial charge in [0.05, 0.1) is 0 Å². The maximum absolute atomic E-state index is 8.81. The van der Waals surface area contributed by atoms with Gasteiger partial charge in [-0.05, 0) is 28.1 Å². The maximum Gasteiger partial charge on any atom is 0.116 e. The average molecular weight is 145 g/mol. The highest BCUT2D eigenvalue weighted by Gasteiger charge is 1.95. The fourth-order valence-corrected chi connectivity index (χ4v) is 0. The predicted molar refractivity (Wildman–Crippen MR) is 45.2 cm³/mol. The maximum atomic E-state index is 8.81. The number of hydrogen-bond acceptors (Lipinski definition) is 2. The zero-order valence-electron chi connectivity index (χ0n) is 7.55. The lowest BCUT2D eigenvalue weighted by Gasteiger charge is -1.90. The Labute approximate surface area is 64.2 Å². The van der Waals surface area contributed by atoms with Gasteiger partial charge in [-0.25, -0.2) is 0 Å². The van der Waals surface area contributed by atoms with E-state index in [0.717, 1.165) is 6.29 Å². The molecule has 0 amide bonds. The molecular weight excluding hydrogens is 126 g/mol. The summed E-state index contributed by atoms with van der Waals surface area (Å²) in [7, 11) is 6.00. The summed E-state index contributed by atoms with van der Waals surface area (Å²) in [5.74, 6) is 0. The van der Waals surface area contributed by atoms with Crippen molar-refractivity contribution < 1.29 is 4.79 Å². The molecule has 1 saturated carbocycles. The molecular formula is C8H19NO. The van der Waals surface area contributed by atoms with Crippen LogP contribution in [0.1, 0.15) is 26.2 Å². The van der Waals surface area contributed by atoms with Gasteiger partial charge in [-0.3, -0.25) is 0 Å². The van der Waals surface area contributed by atoms with Gasteiger partial charge in [0.25, 0.3) is 0 Å². The van der Waals surface area contributed by atoms with E-state index in [9.17, 15) is 0 Å². The van der Waals surface area contributed by atoms with Crippen LogP contribution in [0.2, 0.25) is 0 Å². The van der Waals surface area contributed by atoms with Crippen molar-refractivity contribution in [3.05, 3.63) is 0 Å². The molecule has 1 rings (SSSR count). The van der Waals surface area contributed by atoms with E-state index in [4.69, 9.17) is 4.79 Å². The van der Waals surface area contributed by atoms with Gasteiger partial charge in [0.2, 0.25) is 0 Å². The number of carbonyl (C=O) groups excluding carboxylic acids is 1. The standard InChI is InChI=1S/C3H9N.C3H6.C2H4O/c1-4(2)3;1-2-3-1;1-2-3/h1-3H3;1-3H2;2H,1H3. The molecule has 0 spiro atoms. The van der Waals surface area contributed by atoms with Crippen molar-refractivity contribution >= 4 is 6.29 Å². The Morgan fingerprint density at radius 1 is 1.10 bits per heavy atom. The Bertz CT molecular complexity index is 54.8. The van der Waals surface area contributed by atoms with Crippen molar-refractivity contribution in [1.82, 2.24) is 4.90 Å². The van der Waals surface area contributed by atoms with Crippen molar-refractivity contribution in [2.45, 2.75) is 26.2 Å². The van der Waals surface area contributed by atoms with E-state index >= 15 is 0 Å². The molecule has 0 N–H and O–H groups in total. The van der Waals surface area contributed by atoms with E-state index in [0.29, 0.717) is 0 Å². The highest BCUT2D eigenvalue weighted by molar-refractivity contribution is 5.44. The van der Waals surface area contributed by atoms with Crippen LogP contribution in [-0.4, -0.2) is 32.3 Å². The molecule has 1 aliphatic carbocycles. The zero-order valence-corrected chi connectivity index (χ0v) is 7.55. The predicted octanol–water partition coefficient (Wildman–Crippen LogP) is 1.55. The molecule has 0 atom stereocenters. The largest absolute Gasteiger partial charge is 0.312 e. The second-order valence-electron chi connectivity index (χ2n) is 2.64. The van der Waals surface area contributed by atoms with Crippen molar-refractivity contribution in [2.24, 2.45) is 0 Å². The van der Waals surface area contributed by atoms with Crippen LogP contribution in [0.4, 0.5) is 0 Å². The molecule has 0 saturated heterocycles. The van der Waals surface area contributed by atoms with Gasteiger partial charge in [-0.1, -0.05) is 19.3 Å². The third-order valence-corrected chi connectivity index (χ3v) is 0.354. The van der Waals surface area contributed by atoms with E-state index in [1.54, 1.807) is 0 Å². The third-order valence-electron chi connectivity index (χ3n) is 0.354. The summed E-state index contributed by atoms with van der Waals surface area (Å²) in [5, 5.41) is 0. The third kappa shape index (κ3) is 845. The van der Waals surface area contributed by atoms with E-state index < -0.39 is 0 Å². The SMILES string of the molecule is C1CC1.CC=O.CN(C)C. The first-order valence-corrected chi connectivity index (χ1v) is 3.65. The minimum absolute atomic E-state index is 0.750. The van der Waals surface area contributed by atoms with Gasteiger partial charge in [-0.2, -0.15) is 0 Å². The van der Waals surface area contributed by atoms with Crippen LogP contribution in [0.25, 0.3) is 0 Å². The Balaban J connectivity index is 0. The first-order valence-electron chi connectivity index (χ1n) is 3.65. The highest BCUT2D eigenvalue weighted by Crippen LogP contribution is 2.14. The smallest absolute Gasteiger partial charge is 0.116 e. The summed E-state index contributed by atoms with van der Waals surface area (Å²) in [6, 6.07) is 0. The van der Waals surface area contributed by atoms with Gasteiger partial charge in [0, 0.05) is 0 Å². The molecule has 0 radical (unpaired) electrons. The Hall–Kier alpha value is -0.370. The number of nitrogens with zero attached hydrogens (tertiary/aromatic N) is 1. The van der Waals surface area contributed by atoms with Crippen LogP contribution in [0, 0.1) is 0 Å². The second kappa shape index (κ2) is 11.4. The molecule has 0 aromatic rings. The molecule has 0 aromatic carbocycles. The van der Waals surface area contributed by atoms with E-state index in [-0.39, 0.29) is 0 Å². The molecule has 2 nitrogen and oxygen atoms in total. The summed E-state index contributed by atoms with van der Waals surface area (Å²) in [4.78, 5) is 10.8. The Morgan fingerprint density at radius 3 is 1.20 bits per heavy atom. The topological polar surface area (TPSA) is 20.3 Å². The fraction of sp³-hybridized carbons (Fsp3) is 0.875. The minimum Gasteiger partial charge on any atom is -0.312 e. The summed E-state index contributed by atoms with van der Waals surface area (Å²) in [6.07, 6.45) is 5.25. The first kappa shape index (κ1) is 12.3. The fourth-order valence-electron chi connectivity index (χ4n) is 0. The summed E-state index contributed by atoms with van der Waals surface area (Å²) in [5.41, 5.74) is 0. The molecule has 1 fully saturated rings. The van der Waals surface area contributed by atoms with E-state index in [1.165, 1.54) is 26.2 Å². The molecule has 10 heavy (non-hydrogen) atoms. The normalized spacial score (nSPS) is 12.1. The first-order chi connectivity index (χ1) is 4.65. The monoisotopic (exact) mass is 145 g/mol. The lowest BCUT2D eigenvalue weighted by atomic mass is 11.0. The lowest BCUT2D eigenvalue weighted by Crippen LogP contribution is -1.99. The number of hydrogen-bond donors (Lipinski definition) is 0. The van der Waals surface area contributed by atoms with Crippen molar-refractivity contribution in [1.29, 1.82) is 0 Å². The van der Waals surface area contributed by atoms with Crippen LogP contribution in [0.3, 0.4) is 0 Å². The minimum atomic E-state index is 0.750. The Morgan fingerprint density at radius 2 is 1.20 bits per heavy atom. The van der Waals surface area contributed by atoms with Crippen molar-refractivity contribution in [3.63, 3.8) is 0 Å². The van der Waals surface area contributed by atoms with E-state index in [1.807, 2.05) is 26.0 Å². The quantitative estimate of drug-likeness (QED) is 0.482. The average Bonchev–Trinajstić information content (AvgIpc) is 2.43. The molecule has 1 aliphatic rings. The number of rotatable bonds is 0. The number of aldehydes is 1. The van der Waals surface area contributed by atoms with Crippen molar-refractivity contribution in [3.8, 4) is 0 Å². The molecule has 0 heterocycles. The van der Waals surface area contributed by atoms with Crippen LogP contribution < -0.4 is 0 Å². The molecule has 62 valence electrons. The van der Waals surface area contributed by atoms with Gasteiger partial charge in [0.1, 0.15) is 6.29 Å². The van der Waals surface area contributed by atoms with Gasteiger partial charge < -0.3 is 9.69 Å². The van der Waals surface area contributed by atoms with Gasteiger partial charge >= 0.3 is 0 Å². The second-order valence-corrected chi connectivity index (χ2v) is 2.64. The molecule has 0 aliphatic heterocycles. The molecule has 0 bridgehead atoms. The van der Waals surface area contributed by atoms with Gasteiger partial charge in [0.15, 0.2) is 0 Å². The van der Waals surface area contributed by atoms with Crippen LogP contribution in [0.5, 0.6) is 0 Å². The molecule has 2 heteroatoms. The Kier molecular flexibility index (Phi) is 14.1. The zero-order chi connectivity index (χ0) is 8.41. The summed E-state index contributed by atoms with van der Waals surface area (Å²) >= 11 is 0. The summed E-state index contributed by atoms with van der Waals surface area (Å²) in [6.45, 7) is 1.44. The van der Waals surface area contributed by atoms with Crippen LogP contribution >= 0.6 is 0 Å². The highest BCUT2D eigenvalue weighted by atomic mass is 16.1. The molecule has 0 unspecified atom stereocenters. The van der Waals surface area contributed by atoms with E-state index in [2.05, 4.69) is 0 Å². The summed E-state index contributed by atoms with van der Waals surface area (Å²) < 4.78 is 0. The number of carbonyl (C=O) groups is 1. The van der Waals surface area contributed by atoms with Gasteiger partial charge in [-0.15, -0.1) is 0 Å². The van der Waals surface area contributed by atoms with Crippen molar-refractivity contribution in [2.75, 3.05) is 21.1 Å². The van der Waals surface area contributed by atoms with Crippen LogP contribution in [0.15, 0.2) is 0 Å². The molecule has 0 aromatic heterocycles. The van der Waals surface area contributed by atoms with Crippen LogP contribution in [-0.2, 0) is 4.79 Å².